The third-order valence-electron chi connectivity index (χ3n) is 2.87. The number of rotatable bonds is 4. The van der Waals surface area contributed by atoms with Crippen LogP contribution in [-0.2, 0) is 0 Å². The van der Waals surface area contributed by atoms with Crippen LogP contribution in [0.1, 0.15) is 19.4 Å². The molecule has 0 bridgehead atoms. The van der Waals surface area contributed by atoms with Gasteiger partial charge < -0.3 is 10.6 Å². The molecule has 0 fully saturated rings. The van der Waals surface area contributed by atoms with Crippen molar-refractivity contribution in [2.24, 2.45) is 11.7 Å². The van der Waals surface area contributed by atoms with Crippen molar-refractivity contribution in [2.75, 3.05) is 18.5 Å². The number of para-hydroxylation sites is 1. The average molecular weight is 206 g/mol. The summed E-state index contributed by atoms with van der Waals surface area (Å²) >= 11 is 0. The van der Waals surface area contributed by atoms with Crippen LogP contribution in [0.3, 0.4) is 0 Å². The summed E-state index contributed by atoms with van der Waals surface area (Å²) in [5, 5.41) is 0. The molecule has 2 nitrogen and oxygen atoms in total. The fourth-order valence-electron chi connectivity index (χ4n) is 1.62. The highest BCUT2D eigenvalue weighted by Gasteiger charge is 2.11. The van der Waals surface area contributed by atoms with E-state index in [1.807, 2.05) is 0 Å². The molecule has 0 heterocycles. The minimum Gasteiger partial charge on any atom is -0.373 e. The van der Waals surface area contributed by atoms with Crippen molar-refractivity contribution >= 4 is 5.69 Å². The van der Waals surface area contributed by atoms with Crippen LogP contribution in [0.25, 0.3) is 0 Å². The van der Waals surface area contributed by atoms with Crippen molar-refractivity contribution < 1.29 is 0 Å². The van der Waals surface area contributed by atoms with Crippen LogP contribution in [0.2, 0.25) is 0 Å². The summed E-state index contributed by atoms with van der Waals surface area (Å²) in [5.74, 6) is 0.525. The van der Waals surface area contributed by atoms with Gasteiger partial charge in [0.05, 0.1) is 0 Å². The van der Waals surface area contributed by atoms with Gasteiger partial charge in [-0.05, 0) is 24.5 Å². The quantitative estimate of drug-likeness (QED) is 0.819. The number of likely N-dealkylation sites (N-methyl/N-ethyl adjacent to an activating group) is 1. The zero-order valence-electron chi connectivity index (χ0n) is 10.2. The molecule has 0 aliphatic heterocycles. The van der Waals surface area contributed by atoms with Crippen LogP contribution in [0.4, 0.5) is 5.69 Å². The molecule has 2 N–H and O–H groups in total. The maximum Gasteiger partial charge on any atom is 0.0393 e. The lowest BCUT2D eigenvalue weighted by atomic mass is 10.0. The molecule has 0 aliphatic rings. The van der Waals surface area contributed by atoms with Gasteiger partial charge in [-0.1, -0.05) is 32.0 Å². The molecular formula is C13H22N2. The van der Waals surface area contributed by atoms with E-state index in [9.17, 15) is 0 Å². The third kappa shape index (κ3) is 3.24. The van der Waals surface area contributed by atoms with Gasteiger partial charge in [0, 0.05) is 25.3 Å². The zero-order chi connectivity index (χ0) is 11.4. The summed E-state index contributed by atoms with van der Waals surface area (Å²) in [7, 11) is 2.10. The Labute approximate surface area is 93.1 Å². The Hall–Kier alpha value is -1.02. The molecule has 0 spiro atoms. The van der Waals surface area contributed by atoms with Gasteiger partial charge in [-0.25, -0.2) is 0 Å². The monoisotopic (exact) mass is 206 g/mol. The van der Waals surface area contributed by atoms with Crippen LogP contribution in [0.15, 0.2) is 24.3 Å². The van der Waals surface area contributed by atoms with E-state index in [1.54, 1.807) is 0 Å². The Morgan fingerprint density at radius 3 is 2.40 bits per heavy atom. The van der Waals surface area contributed by atoms with Gasteiger partial charge in [-0.2, -0.15) is 0 Å². The molecule has 15 heavy (non-hydrogen) atoms. The summed E-state index contributed by atoms with van der Waals surface area (Å²) in [6.07, 6.45) is 0. The number of anilines is 1. The van der Waals surface area contributed by atoms with E-state index in [-0.39, 0.29) is 6.04 Å². The molecule has 0 amide bonds. The minimum absolute atomic E-state index is 0.231. The first-order valence-corrected chi connectivity index (χ1v) is 5.54. The van der Waals surface area contributed by atoms with Crippen LogP contribution < -0.4 is 10.6 Å². The topological polar surface area (TPSA) is 29.3 Å². The van der Waals surface area contributed by atoms with E-state index in [2.05, 4.69) is 57.0 Å². The molecule has 1 aromatic carbocycles. The highest BCUT2D eigenvalue weighted by atomic mass is 15.1. The van der Waals surface area contributed by atoms with E-state index in [0.717, 1.165) is 6.54 Å². The highest BCUT2D eigenvalue weighted by molar-refractivity contribution is 5.52. The second-order valence-corrected chi connectivity index (χ2v) is 4.57. The number of nitrogens with zero attached hydrogens (tertiary/aromatic N) is 1. The van der Waals surface area contributed by atoms with E-state index >= 15 is 0 Å². The molecule has 0 aliphatic carbocycles. The Morgan fingerprint density at radius 1 is 1.27 bits per heavy atom. The van der Waals surface area contributed by atoms with Crippen molar-refractivity contribution in [1.29, 1.82) is 0 Å². The second kappa shape index (κ2) is 5.17. The standard InChI is InChI=1S/C13H22N2/c1-10(2)12(14)9-15(4)13-8-6-5-7-11(13)3/h5-8,10,12H,9,14H2,1-4H3. The Morgan fingerprint density at radius 2 is 1.87 bits per heavy atom. The molecule has 1 atom stereocenters. The van der Waals surface area contributed by atoms with Gasteiger partial charge in [0.25, 0.3) is 0 Å². The molecule has 1 unspecified atom stereocenters. The Balaban J connectivity index is 2.69. The average Bonchev–Trinajstić information content (AvgIpc) is 2.18. The smallest absolute Gasteiger partial charge is 0.0393 e. The Kier molecular flexibility index (Phi) is 4.15. The van der Waals surface area contributed by atoms with E-state index in [0.29, 0.717) is 5.92 Å². The normalized spacial score (nSPS) is 12.9. The maximum atomic E-state index is 6.06. The van der Waals surface area contributed by atoms with Crippen molar-refractivity contribution in [3.8, 4) is 0 Å². The molecular weight excluding hydrogens is 184 g/mol. The summed E-state index contributed by atoms with van der Waals surface area (Å²) in [4.78, 5) is 2.24. The Bertz CT molecular complexity index is 307. The third-order valence-corrected chi connectivity index (χ3v) is 2.87. The minimum atomic E-state index is 0.231. The van der Waals surface area contributed by atoms with Gasteiger partial charge in [0.15, 0.2) is 0 Å². The molecule has 0 saturated heterocycles. The fourth-order valence-corrected chi connectivity index (χ4v) is 1.62. The lowest BCUT2D eigenvalue weighted by molar-refractivity contribution is 0.493. The zero-order valence-corrected chi connectivity index (χ0v) is 10.2. The van der Waals surface area contributed by atoms with E-state index < -0.39 is 0 Å². The lowest BCUT2D eigenvalue weighted by Crippen LogP contribution is -2.39. The molecule has 0 saturated carbocycles. The first-order chi connectivity index (χ1) is 7.02. The molecule has 1 aromatic rings. The van der Waals surface area contributed by atoms with Gasteiger partial charge >= 0.3 is 0 Å². The summed E-state index contributed by atoms with van der Waals surface area (Å²) in [6, 6.07) is 8.64. The number of nitrogens with two attached hydrogens (primary N) is 1. The first kappa shape index (κ1) is 12.1. The molecule has 0 radical (unpaired) electrons. The van der Waals surface area contributed by atoms with E-state index in [1.165, 1.54) is 11.3 Å². The fraction of sp³-hybridized carbons (Fsp3) is 0.538. The van der Waals surface area contributed by atoms with Gasteiger partial charge in [-0.3, -0.25) is 0 Å². The summed E-state index contributed by atoms with van der Waals surface area (Å²) in [6.45, 7) is 7.36. The predicted octanol–water partition coefficient (Wildman–Crippen LogP) is 2.41. The predicted molar refractivity (Wildman–Crippen MR) is 67.3 cm³/mol. The van der Waals surface area contributed by atoms with Gasteiger partial charge in [0.1, 0.15) is 0 Å². The lowest BCUT2D eigenvalue weighted by Gasteiger charge is -2.26. The van der Waals surface area contributed by atoms with Crippen molar-refractivity contribution in [3.05, 3.63) is 29.8 Å². The highest BCUT2D eigenvalue weighted by Crippen LogP contribution is 2.18. The first-order valence-electron chi connectivity index (χ1n) is 5.54. The molecule has 0 aromatic heterocycles. The van der Waals surface area contributed by atoms with Gasteiger partial charge in [0.2, 0.25) is 0 Å². The number of hydrogen-bond donors (Lipinski definition) is 1. The van der Waals surface area contributed by atoms with Crippen LogP contribution in [0.5, 0.6) is 0 Å². The maximum absolute atomic E-state index is 6.06. The summed E-state index contributed by atoms with van der Waals surface area (Å²) in [5.41, 5.74) is 8.64. The van der Waals surface area contributed by atoms with Crippen molar-refractivity contribution in [1.82, 2.24) is 0 Å². The van der Waals surface area contributed by atoms with E-state index in [4.69, 9.17) is 5.73 Å². The SMILES string of the molecule is Cc1ccccc1N(C)CC(N)C(C)C. The second-order valence-electron chi connectivity index (χ2n) is 4.57. The van der Waals surface area contributed by atoms with Crippen molar-refractivity contribution in [3.63, 3.8) is 0 Å². The van der Waals surface area contributed by atoms with Crippen LogP contribution in [0, 0.1) is 12.8 Å². The summed E-state index contributed by atoms with van der Waals surface area (Å²) < 4.78 is 0. The molecule has 2 heteroatoms. The van der Waals surface area contributed by atoms with Gasteiger partial charge in [-0.15, -0.1) is 0 Å². The number of aryl methyl sites for hydroxylation is 1. The largest absolute Gasteiger partial charge is 0.373 e. The van der Waals surface area contributed by atoms with Crippen molar-refractivity contribution in [2.45, 2.75) is 26.8 Å². The molecule has 1 rings (SSSR count). The van der Waals surface area contributed by atoms with Crippen LogP contribution in [-0.4, -0.2) is 19.6 Å². The number of hydrogen-bond acceptors (Lipinski definition) is 2. The number of benzene rings is 1. The van der Waals surface area contributed by atoms with Crippen LogP contribution >= 0.6 is 0 Å². The molecule has 84 valence electrons.